The Balaban J connectivity index is 2.02. The molecule has 8 heteroatoms. The Labute approximate surface area is 131 Å². The van der Waals surface area contributed by atoms with E-state index in [4.69, 9.17) is 0 Å². The Bertz CT molecular complexity index is 813. The predicted octanol–water partition coefficient (Wildman–Crippen LogP) is 2.14. The lowest BCUT2D eigenvalue weighted by Crippen LogP contribution is -2.31. The van der Waals surface area contributed by atoms with Crippen LogP contribution in [0.1, 0.15) is 35.5 Å². The van der Waals surface area contributed by atoms with E-state index in [9.17, 15) is 19.1 Å². The number of halogens is 1. The van der Waals surface area contributed by atoms with E-state index in [1.54, 1.807) is 0 Å². The number of rotatable bonds is 2. The molecule has 2 heterocycles. The fraction of sp³-hybridized carbons (Fsp3) is 0.267. The number of carbonyl (C=O) groups excluding carboxylic acids is 1. The maximum atomic E-state index is 13.7. The molecule has 1 aliphatic heterocycles. The van der Waals surface area contributed by atoms with Crippen LogP contribution < -0.4 is 10.6 Å². The summed E-state index contributed by atoms with van der Waals surface area (Å²) in [6.45, 7) is 4.09. The molecule has 0 radical (unpaired) electrons. The third kappa shape index (κ3) is 2.46. The van der Waals surface area contributed by atoms with Gasteiger partial charge in [-0.1, -0.05) is 12.1 Å². The minimum absolute atomic E-state index is 0.0406. The van der Waals surface area contributed by atoms with Gasteiger partial charge in [0.2, 0.25) is 0 Å². The topological polar surface area (TPSA) is 96.2 Å². The van der Waals surface area contributed by atoms with Crippen LogP contribution in [-0.4, -0.2) is 26.9 Å². The number of nitrogens with one attached hydrogen (secondary N) is 2. The van der Waals surface area contributed by atoms with E-state index in [1.165, 1.54) is 24.3 Å². The fourth-order valence-corrected chi connectivity index (χ4v) is 2.60. The Morgan fingerprint density at radius 3 is 2.74 bits per heavy atom. The number of hydrogen-bond acceptors (Lipinski definition) is 4. The van der Waals surface area contributed by atoms with Gasteiger partial charge in [-0.2, -0.15) is 5.10 Å². The molecule has 0 atom stereocenters. The first-order chi connectivity index (χ1) is 10.8. The van der Waals surface area contributed by atoms with Gasteiger partial charge in [0.15, 0.2) is 0 Å². The first-order valence-electron chi connectivity index (χ1n) is 6.98. The summed E-state index contributed by atoms with van der Waals surface area (Å²) in [4.78, 5) is 23.6. The monoisotopic (exact) mass is 318 g/mol. The molecule has 0 saturated carbocycles. The Kier molecular flexibility index (Phi) is 3.41. The summed E-state index contributed by atoms with van der Waals surface area (Å²) < 4.78 is 14.4. The van der Waals surface area contributed by atoms with Crippen LogP contribution in [0.2, 0.25) is 0 Å². The van der Waals surface area contributed by atoms with Crippen molar-refractivity contribution in [2.45, 2.75) is 25.9 Å². The van der Waals surface area contributed by atoms with Crippen LogP contribution in [0.4, 0.5) is 15.0 Å². The van der Waals surface area contributed by atoms with Crippen molar-refractivity contribution in [2.24, 2.45) is 0 Å². The second-order valence-electron chi connectivity index (χ2n) is 5.78. The van der Waals surface area contributed by atoms with Gasteiger partial charge in [0, 0.05) is 12.1 Å². The van der Waals surface area contributed by atoms with Crippen LogP contribution in [-0.2, 0) is 12.1 Å². The van der Waals surface area contributed by atoms with E-state index in [0.29, 0.717) is 22.5 Å². The van der Waals surface area contributed by atoms with Crippen molar-refractivity contribution in [1.82, 2.24) is 15.1 Å². The molecule has 0 spiro atoms. The minimum Gasteiger partial charge on any atom is -0.463 e. The van der Waals surface area contributed by atoms with Crippen LogP contribution in [0.25, 0.3) is 0 Å². The fourth-order valence-electron chi connectivity index (χ4n) is 2.60. The van der Waals surface area contributed by atoms with Crippen LogP contribution in [0.5, 0.6) is 0 Å². The second-order valence-corrected chi connectivity index (χ2v) is 5.78. The van der Waals surface area contributed by atoms with Crippen molar-refractivity contribution in [1.29, 1.82) is 0 Å². The summed E-state index contributed by atoms with van der Waals surface area (Å²) in [5, 5.41) is 19.0. The Morgan fingerprint density at radius 2 is 2.09 bits per heavy atom. The molecule has 1 amide bonds. The molecule has 0 unspecified atom stereocenters. The molecule has 23 heavy (non-hydrogen) atoms. The van der Waals surface area contributed by atoms with Crippen LogP contribution in [0, 0.1) is 5.82 Å². The molecule has 120 valence electrons. The SMILES string of the molecule is CC1(C)NCc2c1nn(C(=O)O)c2NC(=O)c1ccccc1F. The second kappa shape index (κ2) is 5.17. The first-order valence-corrected chi connectivity index (χ1v) is 6.98. The molecule has 0 aliphatic carbocycles. The van der Waals surface area contributed by atoms with Gasteiger partial charge in [0.25, 0.3) is 5.91 Å². The van der Waals surface area contributed by atoms with Gasteiger partial charge >= 0.3 is 6.09 Å². The highest BCUT2D eigenvalue weighted by atomic mass is 19.1. The molecule has 1 aromatic carbocycles. The summed E-state index contributed by atoms with van der Waals surface area (Å²) in [5.41, 5.74) is 0.462. The number of benzene rings is 1. The molecule has 3 N–H and O–H groups in total. The molecule has 0 saturated heterocycles. The average molecular weight is 318 g/mol. The van der Waals surface area contributed by atoms with E-state index in [1.807, 2.05) is 13.8 Å². The molecular weight excluding hydrogens is 303 g/mol. The number of nitrogens with zero attached hydrogens (tertiary/aromatic N) is 2. The van der Waals surface area contributed by atoms with E-state index in [2.05, 4.69) is 15.7 Å². The number of aromatic nitrogens is 2. The average Bonchev–Trinajstić information content (AvgIpc) is 2.98. The van der Waals surface area contributed by atoms with Crippen molar-refractivity contribution in [2.75, 3.05) is 5.32 Å². The minimum atomic E-state index is -1.32. The summed E-state index contributed by atoms with van der Waals surface area (Å²) in [5.74, 6) is -1.36. The first kappa shape index (κ1) is 15.2. The lowest BCUT2D eigenvalue weighted by Gasteiger charge is -2.16. The highest BCUT2D eigenvalue weighted by Gasteiger charge is 2.37. The summed E-state index contributed by atoms with van der Waals surface area (Å²) in [6.07, 6.45) is -1.32. The van der Waals surface area contributed by atoms with Gasteiger partial charge < -0.3 is 15.7 Å². The van der Waals surface area contributed by atoms with Gasteiger partial charge in [-0.3, -0.25) is 4.79 Å². The van der Waals surface area contributed by atoms with E-state index in [-0.39, 0.29) is 11.4 Å². The molecule has 3 rings (SSSR count). The quantitative estimate of drug-likeness (QED) is 0.788. The number of hydrogen-bond donors (Lipinski definition) is 3. The number of carbonyl (C=O) groups is 2. The zero-order valence-corrected chi connectivity index (χ0v) is 12.6. The predicted molar refractivity (Wildman–Crippen MR) is 79.9 cm³/mol. The van der Waals surface area contributed by atoms with Gasteiger partial charge in [-0.25, -0.2) is 9.18 Å². The largest absolute Gasteiger partial charge is 0.463 e. The van der Waals surface area contributed by atoms with E-state index >= 15 is 0 Å². The molecule has 0 bridgehead atoms. The Morgan fingerprint density at radius 1 is 1.39 bits per heavy atom. The van der Waals surface area contributed by atoms with E-state index < -0.39 is 23.4 Å². The lowest BCUT2D eigenvalue weighted by molar-refractivity contribution is 0.102. The molecule has 1 aromatic heterocycles. The number of fused-ring (bicyclic) bond motifs is 1. The van der Waals surface area contributed by atoms with Crippen LogP contribution in [0.3, 0.4) is 0 Å². The van der Waals surface area contributed by atoms with E-state index in [0.717, 1.165) is 0 Å². The zero-order chi connectivity index (χ0) is 16.8. The number of carboxylic acid groups (broad SMARTS) is 1. The van der Waals surface area contributed by atoms with Gasteiger partial charge in [0.1, 0.15) is 11.6 Å². The summed E-state index contributed by atoms with van der Waals surface area (Å²) in [7, 11) is 0. The van der Waals surface area contributed by atoms with Crippen molar-refractivity contribution in [3.63, 3.8) is 0 Å². The van der Waals surface area contributed by atoms with Crippen molar-refractivity contribution in [3.8, 4) is 0 Å². The molecule has 7 nitrogen and oxygen atoms in total. The Hall–Kier alpha value is -2.74. The number of amides is 1. The van der Waals surface area contributed by atoms with Crippen LogP contribution >= 0.6 is 0 Å². The van der Waals surface area contributed by atoms with Gasteiger partial charge in [-0.05, 0) is 26.0 Å². The normalized spacial score (nSPS) is 15.3. The highest BCUT2D eigenvalue weighted by Crippen LogP contribution is 2.34. The maximum absolute atomic E-state index is 13.7. The van der Waals surface area contributed by atoms with Crippen LogP contribution in [0.15, 0.2) is 24.3 Å². The standard InChI is InChI=1S/C15H15FN4O3/c1-15(2)11-9(7-17-15)12(20(19-11)14(22)23)18-13(21)8-5-3-4-6-10(8)16/h3-6,17H,7H2,1-2H3,(H,18,21)(H,22,23). The molecule has 2 aromatic rings. The molecule has 1 aliphatic rings. The van der Waals surface area contributed by atoms with Crippen molar-refractivity contribution < 1.29 is 19.1 Å². The third-order valence-electron chi connectivity index (χ3n) is 3.81. The number of anilines is 1. The van der Waals surface area contributed by atoms with Gasteiger partial charge in [-0.15, -0.1) is 4.68 Å². The smallest absolute Gasteiger partial charge is 0.434 e. The van der Waals surface area contributed by atoms with Gasteiger partial charge in [0.05, 0.1) is 16.8 Å². The lowest BCUT2D eigenvalue weighted by atomic mass is 10.0. The zero-order valence-electron chi connectivity index (χ0n) is 12.6. The third-order valence-corrected chi connectivity index (χ3v) is 3.81. The molecular formula is C15H15FN4O3. The highest BCUT2D eigenvalue weighted by molar-refractivity contribution is 6.05. The summed E-state index contributed by atoms with van der Waals surface area (Å²) in [6, 6.07) is 5.49. The van der Waals surface area contributed by atoms with Crippen molar-refractivity contribution >= 4 is 17.8 Å². The molecule has 0 fully saturated rings. The summed E-state index contributed by atoms with van der Waals surface area (Å²) >= 11 is 0. The maximum Gasteiger partial charge on any atom is 0.434 e. The van der Waals surface area contributed by atoms with Crippen molar-refractivity contribution in [3.05, 3.63) is 46.9 Å².